The number of carbonyl (C=O) groups is 1. The summed E-state index contributed by atoms with van der Waals surface area (Å²) in [6.07, 6.45) is 1.38. The highest BCUT2D eigenvalue weighted by Crippen LogP contribution is 2.11. The third-order valence-electron chi connectivity index (χ3n) is 3.85. The van der Waals surface area contributed by atoms with Gasteiger partial charge in [0, 0.05) is 16.5 Å². The number of rotatable bonds is 4. The standard InChI is InChI=1S/C19H16N2O4S/c1-13-17(20-16-10-6-5-9-15(16)18(13)22)19(23)21-26(24,25)12-11-14-7-3-2-4-8-14/h2-12H,1H3,(H,20,22)(H,21,23)/b12-11+. The summed E-state index contributed by atoms with van der Waals surface area (Å²) in [5.41, 5.74) is 0.904. The van der Waals surface area contributed by atoms with Crippen LogP contribution in [0.25, 0.3) is 17.0 Å². The molecule has 1 amide bonds. The number of hydrogen-bond acceptors (Lipinski definition) is 4. The summed E-state index contributed by atoms with van der Waals surface area (Å²) in [6, 6.07) is 15.6. The van der Waals surface area contributed by atoms with E-state index in [-0.39, 0.29) is 16.7 Å². The summed E-state index contributed by atoms with van der Waals surface area (Å²) in [4.78, 5) is 27.6. The van der Waals surface area contributed by atoms with E-state index in [1.807, 2.05) is 10.8 Å². The van der Waals surface area contributed by atoms with Crippen molar-refractivity contribution in [2.24, 2.45) is 0 Å². The van der Waals surface area contributed by atoms with Crippen LogP contribution in [-0.4, -0.2) is 19.3 Å². The van der Waals surface area contributed by atoms with Crippen molar-refractivity contribution in [2.75, 3.05) is 0 Å². The van der Waals surface area contributed by atoms with Gasteiger partial charge in [-0.3, -0.25) is 9.59 Å². The van der Waals surface area contributed by atoms with Crippen LogP contribution in [0.5, 0.6) is 0 Å². The minimum atomic E-state index is -4.01. The van der Waals surface area contributed by atoms with Crippen molar-refractivity contribution in [1.29, 1.82) is 0 Å². The average molecular weight is 368 g/mol. The molecule has 2 N–H and O–H groups in total. The molecule has 0 spiro atoms. The first-order valence-corrected chi connectivity index (χ1v) is 9.34. The van der Waals surface area contributed by atoms with Gasteiger partial charge in [-0.15, -0.1) is 0 Å². The number of benzene rings is 2. The predicted molar refractivity (Wildman–Crippen MR) is 101 cm³/mol. The molecule has 132 valence electrons. The fourth-order valence-corrected chi connectivity index (χ4v) is 3.27. The minimum absolute atomic E-state index is 0.0783. The van der Waals surface area contributed by atoms with E-state index in [1.165, 1.54) is 13.0 Å². The molecule has 1 aromatic heterocycles. The topological polar surface area (TPSA) is 96.1 Å². The van der Waals surface area contributed by atoms with Gasteiger partial charge in [-0.1, -0.05) is 42.5 Å². The molecule has 0 aliphatic heterocycles. The van der Waals surface area contributed by atoms with Crippen LogP contribution in [0.15, 0.2) is 64.8 Å². The highest BCUT2D eigenvalue weighted by atomic mass is 32.2. The van der Waals surface area contributed by atoms with E-state index in [0.717, 1.165) is 5.41 Å². The Labute approximate surface area is 150 Å². The third kappa shape index (κ3) is 3.73. The zero-order chi connectivity index (χ0) is 18.7. The fraction of sp³-hybridized carbons (Fsp3) is 0.0526. The van der Waals surface area contributed by atoms with Crippen molar-refractivity contribution in [1.82, 2.24) is 9.71 Å². The molecule has 0 aliphatic carbocycles. The molecule has 7 heteroatoms. The first-order valence-electron chi connectivity index (χ1n) is 7.79. The number of fused-ring (bicyclic) bond motifs is 1. The number of sulfonamides is 1. The monoisotopic (exact) mass is 368 g/mol. The molecule has 0 fully saturated rings. The Bertz CT molecular complexity index is 1160. The molecule has 1 heterocycles. The van der Waals surface area contributed by atoms with Crippen LogP contribution >= 0.6 is 0 Å². The highest BCUT2D eigenvalue weighted by Gasteiger charge is 2.18. The Kier molecular flexibility index (Phi) is 4.73. The largest absolute Gasteiger partial charge is 0.350 e. The number of pyridine rings is 1. The highest BCUT2D eigenvalue weighted by molar-refractivity contribution is 7.93. The molecule has 0 atom stereocenters. The van der Waals surface area contributed by atoms with Crippen molar-refractivity contribution in [3.8, 4) is 0 Å². The van der Waals surface area contributed by atoms with Gasteiger partial charge in [-0.25, -0.2) is 13.1 Å². The van der Waals surface area contributed by atoms with Gasteiger partial charge in [0.05, 0.1) is 5.41 Å². The summed E-state index contributed by atoms with van der Waals surface area (Å²) in [7, 11) is -4.01. The van der Waals surface area contributed by atoms with E-state index in [1.54, 1.807) is 48.5 Å². The van der Waals surface area contributed by atoms with Crippen LogP contribution in [0.2, 0.25) is 0 Å². The SMILES string of the molecule is Cc1c(C(=O)NS(=O)(=O)/C=C/c2ccccc2)[nH]c2ccccc2c1=O. The van der Waals surface area contributed by atoms with Gasteiger partial charge in [0.25, 0.3) is 15.9 Å². The summed E-state index contributed by atoms with van der Waals surface area (Å²) < 4.78 is 26.2. The van der Waals surface area contributed by atoms with E-state index >= 15 is 0 Å². The van der Waals surface area contributed by atoms with E-state index in [9.17, 15) is 18.0 Å². The zero-order valence-electron chi connectivity index (χ0n) is 13.9. The van der Waals surface area contributed by atoms with Gasteiger partial charge >= 0.3 is 0 Å². The molecule has 3 aromatic rings. The van der Waals surface area contributed by atoms with Gasteiger partial charge in [0.1, 0.15) is 5.69 Å². The number of aromatic amines is 1. The van der Waals surface area contributed by atoms with Crippen molar-refractivity contribution in [3.63, 3.8) is 0 Å². The Morgan fingerprint density at radius 3 is 2.42 bits per heavy atom. The van der Waals surface area contributed by atoms with Gasteiger partial charge in [-0.2, -0.15) is 0 Å². The molecule has 0 aliphatic rings. The molecular weight excluding hydrogens is 352 g/mol. The van der Waals surface area contributed by atoms with Crippen LogP contribution in [-0.2, 0) is 10.0 Å². The zero-order valence-corrected chi connectivity index (χ0v) is 14.7. The maximum atomic E-state index is 12.4. The van der Waals surface area contributed by atoms with Crippen LogP contribution < -0.4 is 10.2 Å². The lowest BCUT2D eigenvalue weighted by molar-refractivity contribution is 0.0976. The molecule has 0 radical (unpaired) electrons. The van der Waals surface area contributed by atoms with Crippen molar-refractivity contribution in [2.45, 2.75) is 6.92 Å². The van der Waals surface area contributed by atoms with Gasteiger partial charge in [0.2, 0.25) is 0 Å². The minimum Gasteiger partial charge on any atom is -0.350 e. The third-order valence-corrected chi connectivity index (χ3v) is 4.81. The smallest absolute Gasteiger partial charge is 0.281 e. The quantitative estimate of drug-likeness (QED) is 0.740. The summed E-state index contributed by atoms with van der Waals surface area (Å²) in [5, 5.41) is 1.35. The van der Waals surface area contributed by atoms with E-state index in [4.69, 9.17) is 0 Å². The van der Waals surface area contributed by atoms with Crippen molar-refractivity contribution >= 4 is 32.9 Å². The summed E-state index contributed by atoms with van der Waals surface area (Å²) in [6.45, 7) is 1.48. The number of amides is 1. The normalized spacial score (nSPS) is 11.7. The maximum Gasteiger partial charge on any atom is 0.281 e. The van der Waals surface area contributed by atoms with E-state index < -0.39 is 15.9 Å². The van der Waals surface area contributed by atoms with Crippen LogP contribution in [0.4, 0.5) is 0 Å². The van der Waals surface area contributed by atoms with Gasteiger partial charge < -0.3 is 4.98 Å². The van der Waals surface area contributed by atoms with Crippen LogP contribution in [0.1, 0.15) is 21.6 Å². The second kappa shape index (κ2) is 6.97. The number of nitrogens with one attached hydrogen (secondary N) is 2. The molecule has 0 unspecified atom stereocenters. The van der Waals surface area contributed by atoms with E-state index in [2.05, 4.69) is 4.98 Å². The first kappa shape index (κ1) is 17.6. The number of H-pyrrole nitrogens is 1. The Morgan fingerprint density at radius 1 is 1.04 bits per heavy atom. The summed E-state index contributed by atoms with van der Waals surface area (Å²) in [5.74, 6) is -0.886. The lowest BCUT2D eigenvalue weighted by Crippen LogP contribution is -2.31. The number of hydrogen-bond donors (Lipinski definition) is 2. The molecule has 0 bridgehead atoms. The van der Waals surface area contributed by atoms with Gasteiger partial charge in [-0.05, 0) is 30.7 Å². The molecule has 2 aromatic carbocycles. The number of aromatic nitrogens is 1. The van der Waals surface area contributed by atoms with Crippen molar-refractivity contribution in [3.05, 3.63) is 87.0 Å². The lowest BCUT2D eigenvalue weighted by atomic mass is 10.1. The molecule has 3 rings (SSSR count). The Balaban J connectivity index is 1.90. The second-order valence-corrected chi connectivity index (χ2v) is 7.26. The second-order valence-electron chi connectivity index (χ2n) is 5.69. The Morgan fingerprint density at radius 2 is 1.69 bits per heavy atom. The van der Waals surface area contributed by atoms with E-state index in [0.29, 0.717) is 16.5 Å². The molecule has 0 saturated carbocycles. The predicted octanol–water partition coefficient (Wildman–Crippen LogP) is 2.57. The van der Waals surface area contributed by atoms with Gasteiger partial charge in [0.15, 0.2) is 5.43 Å². The number of para-hydroxylation sites is 1. The van der Waals surface area contributed by atoms with Crippen LogP contribution in [0.3, 0.4) is 0 Å². The lowest BCUT2D eigenvalue weighted by Gasteiger charge is -2.08. The van der Waals surface area contributed by atoms with Crippen LogP contribution in [0, 0.1) is 6.92 Å². The van der Waals surface area contributed by atoms with Crippen molar-refractivity contribution < 1.29 is 13.2 Å². The molecule has 26 heavy (non-hydrogen) atoms. The Hall–Kier alpha value is -3.19. The molecule has 0 saturated heterocycles. The fourth-order valence-electron chi connectivity index (χ4n) is 2.51. The molecular formula is C19H16N2O4S. The first-order chi connectivity index (χ1) is 12.4. The molecule has 6 nitrogen and oxygen atoms in total. The maximum absolute atomic E-state index is 12.4. The average Bonchev–Trinajstić information content (AvgIpc) is 2.63. The summed E-state index contributed by atoms with van der Waals surface area (Å²) >= 11 is 0. The number of carbonyl (C=O) groups excluding carboxylic acids is 1.